The Bertz CT molecular complexity index is 421. The molecular formula is C11H14ClN3O2. The summed E-state index contributed by atoms with van der Waals surface area (Å²) in [5.74, 6) is 0. The number of rotatable bonds is 6. The molecule has 5 nitrogen and oxygen atoms in total. The Kier molecular flexibility index (Phi) is 3.81. The molecular weight excluding hydrogens is 242 g/mol. The maximum Gasteiger partial charge on any atom is 0.310 e. The average molecular weight is 256 g/mol. The van der Waals surface area contributed by atoms with Gasteiger partial charge in [-0.15, -0.1) is 0 Å². The van der Waals surface area contributed by atoms with E-state index in [4.69, 9.17) is 11.6 Å². The van der Waals surface area contributed by atoms with Gasteiger partial charge in [0.2, 0.25) is 0 Å². The summed E-state index contributed by atoms with van der Waals surface area (Å²) in [4.78, 5) is 10.4. The van der Waals surface area contributed by atoms with Crippen LogP contribution in [0.4, 0.5) is 11.4 Å². The highest BCUT2D eigenvalue weighted by Crippen LogP contribution is 2.31. The van der Waals surface area contributed by atoms with E-state index in [0.717, 1.165) is 6.54 Å². The van der Waals surface area contributed by atoms with E-state index in [1.165, 1.54) is 18.9 Å². The van der Waals surface area contributed by atoms with Crippen molar-refractivity contribution in [3.8, 4) is 0 Å². The Hall–Kier alpha value is -1.33. The summed E-state index contributed by atoms with van der Waals surface area (Å²) < 4.78 is 0. The Balaban J connectivity index is 1.93. The summed E-state index contributed by atoms with van der Waals surface area (Å²) in [5, 5.41) is 17.4. The van der Waals surface area contributed by atoms with Crippen LogP contribution in [0.5, 0.6) is 0 Å². The van der Waals surface area contributed by atoms with Crippen molar-refractivity contribution in [2.24, 2.45) is 0 Å². The molecule has 1 saturated carbocycles. The van der Waals surface area contributed by atoms with Gasteiger partial charge >= 0.3 is 5.69 Å². The van der Waals surface area contributed by atoms with Crippen molar-refractivity contribution in [2.75, 3.05) is 18.4 Å². The third-order valence-corrected chi connectivity index (χ3v) is 2.93. The fourth-order valence-corrected chi connectivity index (χ4v) is 1.85. The van der Waals surface area contributed by atoms with Crippen molar-refractivity contribution in [1.82, 2.24) is 5.32 Å². The minimum atomic E-state index is -0.459. The molecule has 1 aromatic carbocycles. The van der Waals surface area contributed by atoms with Crippen LogP contribution >= 0.6 is 11.6 Å². The number of hydrogen-bond donors (Lipinski definition) is 2. The molecule has 2 rings (SSSR count). The summed E-state index contributed by atoms with van der Waals surface area (Å²) in [6, 6.07) is 5.53. The summed E-state index contributed by atoms with van der Waals surface area (Å²) in [5.41, 5.74) is 0.417. The molecule has 0 heterocycles. The molecule has 0 aromatic heterocycles. The van der Waals surface area contributed by atoms with Gasteiger partial charge in [0.25, 0.3) is 0 Å². The number of nitro groups is 1. The van der Waals surface area contributed by atoms with Gasteiger partial charge in [0.1, 0.15) is 10.7 Å². The third-order valence-electron chi connectivity index (χ3n) is 2.62. The molecule has 0 unspecified atom stereocenters. The van der Waals surface area contributed by atoms with E-state index in [2.05, 4.69) is 10.6 Å². The molecule has 6 heteroatoms. The highest BCUT2D eigenvalue weighted by Gasteiger charge is 2.20. The summed E-state index contributed by atoms with van der Waals surface area (Å²) in [6.45, 7) is 1.45. The Morgan fingerprint density at radius 1 is 1.41 bits per heavy atom. The molecule has 92 valence electrons. The molecule has 0 spiro atoms. The lowest BCUT2D eigenvalue weighted by Gasteiger charge is -2.08. The van der Waals surface area contributed by atoms with E-state index in [0.29, 0.717) is 18.3 Å². The predicted octanol–water partition coefficient (Wildman–Crippen LogP) is 2.41. The number of halogens is 1. The lowest BCUT2D eigenvalue weighted by Crippen LogP contribution is -2.24. The quantitative estimate of drug-likeness (QED) is 0.465. The van der Waals surface area contributed by atoms with Gasteiger partial charge < -0.3 is 10.6 Å². The standard InChI is InChI=1S/C11H14ClN3O2/c12-9-2-1-3-10(11(9)15(16)17)14-7-6-13-8-4-5-8/h1-3,8,13-14H,4-7H2. The van der Waals surface area contributed by atoms with Crippen LogP contribution in [-0.2, 0) is 0 Å². The minimum absolute atomic E-state index is 0.0550. The van der Waals surface area contributed by atoms with Crippen molar-refractivity contribution in [3.05, 3.63) is 33.3 Å². The molecule has 0 aliphatic heterocycles. The van der Waals surface area contributed by atoms with Crippen LogP contribution in [-0.4, -0.2) is 24.1 Å². The molecule has 0 atom stereocenters. The van der Waals surface area contributed by atoms with Crippen molar-refractivity contribution < 1.29 is 4.92 Å². The first-order valence-corrected chi connectivity index (χ1v) is 5.96. The van der Waals surface area contributed by atoms with Gasteiger partial charge in [-0.3, -0.25) is 10.1 Å². The molecule has 1 aliphatic rings. The lowest BCUT2D eigenvalue weighted by molar-refractivity contribution is -0.383. The van der Waals surface area contributed by atoms with Crippen LogP contribution in [0.3, 0.4) is 0 Å². The average Bonchev–Trinajstić information content (AvgIpc) is 3.07. The number of hydrogen-bond acceptors (Lipinski definition) is 4. The van der Waals surface area contributed by atoms with Crippen LogP contribution in [0.15, 0.2) is 18.2 Å². The van der Waals surface area contributed by atoms with Gasteiger partial charge in [-0.1, -0.05) is 17.7 Å². The fourth-order valence-electron chi connectivity index (χ4n) is 1.60. The smallest absolute Gasteiger partial charge is 0.310 e. The largest absolute Gasteiger partial charge is 0.378 e. The molecule has 1 fully saturated rings. The third kappa shape index (κ3) is 3.31. The minimum Gasteiger partial charge on any atom is -0.378 e. The van der Waals surface area contributed by atoms with Crippen LogP contribution in [0, 0.1) is 10.1 Å². The Morgan fingerprint density at radius 3 is 2.82 bits per heavy atom. The second kappa shape index (κ2) is 5.33. The van der Waals surface area contributed by atoms with E-state index in [9.17, 15) is 10.1 Å². The number of para-hydroxylation sites is 1. The highest BCUT2D eigenvalue weighted by molar-refractivity contribution is 6.33. The molecule has 17 heavy (non-hydrogen) atoms. The van der Waals surface area contributed by atoms with E-state index in [-0.39, 0.29) is 10.7 Å². The van der Waals surface area contributed by atoms with Crippen molar-refractivity contribution in [2.45, 2.75) is 18.9 Å². The zero-order valence-electron chi connectivity index (χ0n) is 9.28. The topological polar surface area (TPSA) is 67.2 Å². The molecule has 0 saturated heterocycles. The summed E-state index contributed by atoms with van der Waals surface area (Å²) >= 11 is 5.80. The molecule has 1 aliphatic carbocycles. The van der Waals surface area contributed by atoms with Gasteiger partial charge in [0, 0.05) is 19.1 Å². The van der Waals surface area contributed by atoms with Crippen LogP contribution in [0.1, 0.15) is 12.8 Å². The number of benzene rings is 1. The van der Waals surface area contributed by atoms with Gasteiger partial charge in [0.05, 0.1) is 4.92 Å². The maximum atomic E-state index is 10.9. The van der Waals surface area contributed by atoms with E-state index in [1.807, 2.05) is 0 Å². The van der Waals surface area contributed by atoms with E-state index >= 15 is 0 Å². The van der Waals surface area contributed by atoms with Crippen LogP contribution < -0.4 is 10.6 Å². The molecule has 0 amide bonds. The molecule has 1 aromatic rings. The SMILES string of the molecule is O=[N+]([O-])c1c(Cl)cccc1NCCNC1CC1. The van der Waals surface area contributed by atoms with E-state index < -0.39 is 4.92 Å². The second-order valence-corrected chi connectivity index (χ2v) is 4.46. The second-order valence-electron chi connectivity index (χ2n) is 4.05. The zero-order chi connectivity index (χ0) is 12.3. The molecule has 0 radical (unpaired) electrons. The molecule has 2 N–H and O–H groups in total. The van der Waals surface area contributed by atoms with Gasteiger partial charge in [-0.05, 0) is 25.0 Å². The van der Waals surface area contributed by atoms with Crippen molar-refractivity contribution >= 4 is 23.0 Å². The Labute approximate surface area is 104 Å². The zero-order valence-corrected chi connectivity index (χ0v) is 10.0. The molecule has 0 bridgehead atoms. The number of nitrogens with one attached hydrogen (secondary N) is 2. The van der Waals surface area contributed by atoms with E-state index in [1.54, 1.807) is 12.1 Å². The first-order valence-electron chi connectivity index (χ1n) is 5.58. The number of nitrogens with zero attached hydrogens (tertiary/aromatic N) is 1. The van der Waals surface area contributed by atoms with Gasteiger partial charge in [-0.2, -0.15) is 0 Å². The first-order chi connectivity index (χ1) is 8.18. The predicted molar refractivity (Wildman–Crippen MR) is 67.6 cm³/mol. The fraction of sp³-hybridized carbons (Fsp3) is 0.455. The number of nitro benzene ring substituents is 1. The normalized spacial score (nSPS) is 14.6. The number of anilines is 1. The summed E-state index contributed by atoms with van der Waals surface area (Å²) in [7, 11) is 0. The first kappa shape index (κ1) is 12.1. The summed E-state index contributed by atoms with van der Waals surface area (Å²) in [6.07, 6.45) is 2.47. The van der Waals surface area contributed by atoms with Crippen molar-refractivity contribution in [1.29, 1.82) is 0 Å². The Morgan fingerprint density at radius 2 is 2.18 bits per heavy atom. The van der Waals surface area contributed by atoms with Crippen molar-refractivity contribution in [3.63, 3.8) is 0 Å². The lowest BCUT2D eigenvalue weighted by atomic mass is 10.2. The maximum absolute atomic E-state index is 10.9. The van der Waals surface area contributed by atoms with Gasteiger partial charge in [-0.25, -0.2) is 0 Å². The highest BCUT2D eigenvalue weighted by atomic mass is 35.5. The monoisotopic (exact) mass is 255 g/mol. The van der Waals surface area contributed by atoms with Crippen LogP contribution in [0.25, 0.3) is 0 Å². The van der Waals surface area contributed by atoms with Gasteiger partial charge in [0.15, 0.2) is 0 Å². The van der Waals surface area contributed by atoms with Crippen LogP contribution in [0.2, 0.25) is 5.02 Å².